The van der Waals surface area contributed by atoms with Gasteiger partial charge < -0.3 is 20.1 Å². The summed E-state index contributed by atoms with van der Waals surface area (Å²) in [7, 11) is -4.29. The summed E-state index contributed by atoms with van der Waals surface area (Å²) >= 11 is 0. The zero-order valence-corrected chi connectivity index (χ0v) is 35.1. The minimum absolute atomic E-state index is 0.0876. The molecule has 0 spiro atoms. The van der Waals surface area contributed by atoms with E-state index in [0.717, 1.165) is 64.2 Å². The topological polar surface area (TPSA) is 117 Å². The van der Waals surface area contributed by atoms with Gasteiger partial charge >= 0.3 is 13.8 Å². The van der Waals surface area contributed by atoms with Crippen molar-refractivity contribution in [3.8, 4) is 0 Å². The van der Waals surface area contributed by atoms with Gasteiger partial charge in [-0.1, -0.05) is 170 Å². The van der Waals surface area contributed by atoms with Gasteiger partial charge in [0.05, 0.1) is 19.8 Å². The quantitative estimate of drug-likeness (QED) is 0.0274. The molecule has 0 aliphatic rings. The number of unbranched alkanes of at least 4 members (excludes halogenated alkanes) is 12. The molecule has 0 rings (SSSR count). The highest BCUT2D eigenvalue weighted by atomic mass is 31.2. The lowest BCUT2D eigenvalue weighted by atomic mass is 10.1. The van der Waals surface area contributed by atoms with Crippen molar-refractivity contribution in [1.82, 2.24) is 0 Å². The number of carbonyl (C=O) groups is 1. The third kappa shape index (κ3) is 40.9. The molecule has 0 radical (unpaired) electrons. The van der Waals surface area contributed by atoms with E-state index in [9.17, 15) is 14.3 Å². The van der Waals surface area contributed by atoms with Crippen molar-refractivity contribution in [2.24, 2.45) is 5.73 Å². The van der Waals surface area contributed by atoms with Gasteiger partial charge in [0.25, 0.3) is 0 Å². The van der Waals surface area contributed by atoms with Crippen LogP contribution in [0.15, 0.2) is 85.1 Å². The molecule has 0 saturated carbocycles. The van der Waals surface area contributed by atoms with Gasteiger partial charge in [0.15, 0.2) is 0 Å². The number of rotatable bonds is 39. The lowest BCUT2D eigenvalue weighted by Crippen LogP contribution is -2.28. The Morgan fingerprint density at radius 1 is 0.574 bits per heavy atom. The Morgan fingerprint density at radius 3 is 1.48 bits per heavy atom. The molecule has 0 aliphatic carbocycles. The molecule has 8 nitrogen and oxygen atoms in total. The second kappa shape index (κ2) is 41.8. The number of hydrogen-bond acceptors (Lipinski definition) is 7. The molecule has 0 aromatic rings. The highest BCUT2D eigenvalue weighted by Gasteiger charge is 2.25. The molecule has 0 amide bonds. The number of ether oxygens (including phenoxy) is 2. The number of nitrogens with two attached hydrogens (primary N) is 1. The largest absolute Gasteiger partial charge is 0.472 e. The summed E-state index contributed by atoms with van der Waals surface area (Å²) in [6, 6.07) is 0. The van der Waals surface area contributed by atoms with Crippen LogP contribution in [0.5, 0.6) is 0 Å². The van der Waals surface area contributed by atoms with Gasteiger partial charge in [-0.15, -0.1) is 0 Å². The van der Waals surface area contributed by atoms with Crippen LogP contribution in [0, 0.1) is 0 Å². The van der Waals surface area contributed by atoms with Gasteiger partial charge in [-0.05, 0) is 64.2 Å². The van der Waals surface area contributed by atoms with Gasteiger partial charge in [-0.3, -0.25) is 13.8 Å². The maximum absolute atomic E-state index is 12.5. The van der Waals surface area contributed by atoms with Crippen molar-refractivity contribution in [2.45, 2.75) is 161 Å². The normalized spacial score (nSPS) is 14.4. The second-order valence-corrected chi connectivity index (χ2v) is 14.9. The molecule has 2 unspecified atom stereocenters. The minimum atomic E-state index is -4.29. The third-order valence-corrected chi connectivity index (χ3v) is 9.31. The molecule has 54 heavy (non-hydrogen) atoms. The molecule has 3 N–H and O–H groups in total. The van der Waals surface area contributed by atoms with E-state index in [4.69, 9.17) is 24.3 Å². The first-order chi connectivity index (χ1) is 26.4. The molecule has 0 fully saturated rings. The zero-order valence-electron chi connectivity index (χ0n) is 34.2. The Kier molecular flexibility index (Phi) is 40.0. The highest BCUT2D eigenvalue weighted by Crippen LogP contribution is 2.43. The molecule has 310 valence electrons. The average molecular weight is 776 g/mol. The fourth-order valence-corrected chi connectivity index (χ4v) is 6.04. The molecule has 2 atom stereocenters. The van der Waals surface area contributed by atoms with Gasteiger partial charge in [0.1, 0.15) is 6.10 Å². The first kappa shape index (κ1) is 51.7. The maximum Gasteiger partial charge on any atom is 0.472 e. The predicted molar refractivity (Wildman–Crippen MR) is 228 cm³/mol. The minimum Gasteiger partial charge on any atom is -0.457 e. The molecular formula is C45H78NO7P. The van der Waals surface area contributed by atoms with Crippen molar-refractivity contribution in [1.29, 1.82) is 0 Å². The Labute approximate surface area is 330 Å². The first-order valence-corrected chi connectivity index (χ1v) is 22.6. The van der Waals surface area contributed by atoms with E-state index in [1.165, 1.54) is 64.2 Å². The number of carbonyl (C=O) groups excluding carboxylic acids is 1. The van der Waals surface area contributed by atoms with Gasteiger partial charge in [-0.25, -0.2) is 4.57 Å². The monoisotopic (exact) mass is 776 g/mol. The second-order valence-electron chi connectivity index (χ2n) is 13.5. The Balaban J connectivity index is 4.18. The van der Waals surface area contributed by atoms with E-state index in [1.807, 2.05) is 0 Å². The summed E-state index contributed by atoms with van der Waals surface area (Å²) in [5.74, 6) is -0.390. The predicted octanol–water partition coefficient (Wildman–Crippen LogP) is 12.5. The Bertz CT molecular complexity index is 1100. The van der Waals surface area contributed by atoms with E-state index in [2.05, 4.69) is 98.9 Å². The number of allylic oxidation sites excluding steroid dienone is 14. The molecule has 0 aromatic heterocycles. The van der Waals surface area contributed by atoms with Crippen molar-refractivity contribution >= 4 is 13.8 Å². The maximum atomic E-state index is 12.5. The lowest BCUT2D eigenvalue weighted by Gasteiger charge is -2.20. The fourth-order valence-electron chi connectivity index (χ4n) is 5.28. The summed E-state index contributed by atoms with van der Waals surface area (Å²) in [4.78, 5) is 22.4. The van der Waals surface area contributed by atoms with Crippen LogP contribution in [0.25, 0.3) is 0 Å². The van der Waals surface area contributed by atoms with Crippen LogP contribution in [-0.2, 0) is 27.9 Å². The molecule has 9 heteroatoms. The molecule has 0 heterocycles. The van der Waals surface area contributed by atoms with E-state index >= 15 is 0 Å². The summed E-state index contributed by atoms with van der Waals surface area (Å²) in [5, 5.41) is 0. The standard InChI is InChI=1S/C45H78NO7P/c1-3-5-7-9-11-13-15-17-18-19-20-21-22-23-24-25-26-27-28-30-32-34-36-38-45(47)53-44(43-52-54(48,49)51-41-39-46)42-50-40-37-35-33-31-29-16-14-12-10-8-6-4-2/h5,7,11,13,17-18,20-21,23-24,26-27,30,32,44H,3-4,6,8-10,12,14-16,19,22,25,28-29,31,33-43,46H2,1-2H3,(H,48,49)/b7-5-,13-11-,18-17-,21-20-,24-23-,27-26-,32-30-. The van der Waals surface area contributed by atoms with E-state index in [-0.39, 0.29) is 32.8 Å². The smallest absolute Gasteiger partial charge is 0.457 e. The van der Waals surface area contributed by atoms with Crippen LogP contribution >= 0.6 is 7.82 Å². The Morgan fingerprint density at radius 2 is 1.02 bits per heavy atom. The van der Waals surface area contributed by atoms with Gasteiger partial charge in [-0.2, -0.15) is 0 Å². The number of phosphoric acid groups is 1. The SMILES string of the molecule is CC/C=C\C/C=C\C/C=C\C/C=C\C/C=C\C/C=C\C/C=C\CCCC(=O)OC(COCCCCCCCCCCCCCC)COP(=O)(O)OCCN. The van der Waals surface area contributed by atoms with Gasteiger partial charge in [0.2, 0.25) is 0 Å². The summed E-state index contributed by atoms with van der Waals surface area (Å²) in [6.45, 7) is 4.71. The molecule has 0 aromatic carbocycles. The van der Waals surface area contributed by atoms with E-state index in [0.29, 0.717) is 13.0 Å². The summed E-state index contributed by atoms with van der Waals surface area (Å²) < 4.78 is 33.3. The summed E-state index contributed by atoms with van der Waals surface area (Å²) in [6.07, 6.45) is 53.2. The van der Waals surface area contributed by atoms with Crippen molar-refractivity contribution in [3.63, 3.8) is 0 Å². The number of phosphoric ester groups is 1. The zero-order chi connectivity index (χ0) is 39.5. The number of esters is 1. The van der Waals surface area contributed by atoms with Gasteiger partial charge in [0, 0.05) is 19.6 Å². The fraction of sp³-hybridized carbons (Fsp3) is 0.667. The van der Waals surface area contributed by atoms with Crippen LogP contribution in [0.4, 0.5) is 0 Å². The van der Waals surface area contributed by atoms with Crippen LogP contribution < -0.4 is 5.73 Å². The highest BCUT2D eigenvalue weighted by molar-refractivity contribution is 7.47. The lowest BCUT2D eigenvalue weighted by molar-refractivity contribution is -0.154. The van der Waals surface area contributed by atoms with Crippen molar-refractivity contribution < 1.29 is 32.8 Å². The van der Waals surface area contributed by atoms with Crippen molar-refractivity contribution in [3.05, 3.63) is 85.1 Å². The van der Waals surface area contributed by atoms with Crippen LogP contribution in [0.1, 0.15) is 155 Å². The van der Waals surface area contributed by atoms with Crippen LogP contribution in [0.2, 0.25) is 0 Å². The first-order valence-electron chi connectivity index (χ1n) is 21.1. The average Bonchev–Trinajstić information content (AvgIpc) is 3.16. The van der Waals surface area contributed by atoms with Crippen LogP contribution in [-0.4, -0.2) is 49.9 Å². The molecule has 0 aliphatic heterocycles. The molecule has 0 saturated heterocycles. The third-order valence-electron chi connectivity index (χ3n) is 8.33. The number of hydrogen-bond donors (Lipinski definition) is 2. The molecule has 0 bridgehead atoms. The molecular weight excluding hydrogens is 697 g/mol. The van der Waals surface area contributed by atoms with E-state index in [1.54, 1.807) is 0 Å². The Hall–Kier alpha value is -2.32. The van der Waals surface area contributed by atoms with Crippen LogP contribution in [0.3, 0.4) is 0 Å². The van der Waals surface area contributed by atoms with E-state index < -0.39 is 19.9 Å². The van der Waals surface area contributed by atoms with Crippen molar-refractivity contribution in [2.75, 3.05) is 33.0 Å². The summed E-state index contributed by atoms with van der Waals surface area (Å²) in [5.41, 5.74) is 5.36.